The number of anilines is 1. The molecule has 0 bridgehead atoms. The lowest BCUT2D eigenvalue weighted by molar-refractivity contribution is -0.121. The molecular formula is C14H20N2O. The molecule has 1 saturated heterocycles. The fraction of sp³-hybridized carbons (Fsp3) is 0.500. The van der Waals surface area contributed by atoms with Gasteiger partial charge in [-0.15, -0.1) is 0 Å². The van der Waals surface area contributed by atoms with Crippen molar-refractivity contribution in [3.63, 3.8) is 0 Å². The van der Waals surface area contributed by atoms with Crippen molar-refractivity contribution in [1.82, 2.24) is 5.32 Å². The molecule has 0 aliphatic carbocycles. The Morgan fingerprint density at radius 2 is 2.29 bits per heavy atom. The number of rotatable bonds is 4. The van der Waals surface area contributed by atoms with Crippen molar-refractivity contribution in [2.24, 2.45) is 11.8 Å². The number of benzene rings is 1. The van der Waals surface area contributed by atoms with Crippen LogP contribution in [0.5, 0.6) is 0 Å². The molecule has 3 heteroatoms. The normalized spacial score (nSPS) is 17.3. The van der Waals surface area contributed by atoms with E-state index in [1.165, 1.54) is 5.56 Å². The average Bonchev–Trinajstić information content (AvgIpc) is 2.27. The largest absolute Gasteiger partial charge is 0.326 e. The van der Waals surface area contributed by atoms with Crippen LogP contribution >= 0.6 is 0 Å². The summed E-state index contributed by atoms with van der Waals surface area (Å²) in [5.74, 6) is 0.704. The van der Waals surface area contributed by atoms with Crippen LogP contribution in [0, 0.1) is 11.8 Å². The first-order valence-electron chi connectivity index (χ1n) is 6.31. The van der Waals surface area contributed by atoms with E-state index in [4.69, 9.17) is 0 Å². The first kappa shape index (κ1) is 12.1. The van der Waals surface area contributed by atoms with Gasteiger partial charge < -0.3 is 10.6 Å². The molecule has 92 valence electrons. The Hall–Kier alpha value is -1.35. The van der Waals surface area contributed by atoms with E-state index in [-0.39, 0.29) is 11.8 Å². The molecule has 0 aromatic heterocycles. The molecule has 1 aliphatic rings. The van der Waals surface area contributed by atoms with E-state index in [1.807, 2.05) is 25.1 Å². The highest BCUT2D eigenvalue weighted by Gasteiger charge is 2.28. The first-order chi connectivity index (χ1) is 8.20. The third kappa shape index (κ3) is 2.86. The lowest BCUT2D eigenvalue weighted by Crippen LogP contribution is -2.48. The van der Waals surface area contributed by atoms with Crippen molar-refractivity contribution in [2.75, 3.05) is 18.4 Å². The van der Waals surface area contributed by atoms with E-state index < -0.39 is 0 Å². The van der Waals surface area contributed by atoms with E-state index in [9.17, 15) is 4.79 Å². The Morgan fingerprint density at radius 3 is 2.88 bits per heavy atom. The summed E-state index contributed by atoms with van der Waals surface area (Å²) in [7, 11) is 0. The lowest BCUT2D eigenvalue weighted by Gasteiger charge is -2.31. The van der Waals surface area contributed by atoms with Crippen LogP contribution < -0.4 is 10.6 Å². The maximum absolute atomic E-state index is 12.0. The van der Waals surface area contributed by atoms with Gasteiger partial charge >= 0.3 is 0 Å². The van der Waals surface area contributed by atoms with Gasteiger partial charge in [-0.3, -0.25) is 4.79 Å². The van der Waals surface area contributed by atoms with Crippen molar-refractivity contribution in [1.29, 1.82) is 0 Å². The van der Waals surface area contributed by atoms with E-state index in [0.717, 1.165) is 25.2 Å². The number of amides is 1. The first-order valence-corrected chi connectivity index (χ1v) is 6.31. The van der Waals surface area contributed by atoms with Gasteiger partial charge in [0.05, 0.1) is 0 Å². The molecule has 1 aromatic carbocycles. The topological polar surface area (TPSA) is 41.1 Å². The van der Waals surface area contributed by atoms with E-state index >= 15 is 0 Å². The van der Waals surface area contributed by atoms with Crippen molar-refractivity contribution >= 4 is 11.6 Å². The standard InChI is InChI=1S/C14H20N2O/c1-3-11-5-4-6-13(7-11)16-14(17)10(2)12-8-15-9-12/h4-7,10,12,15H,3,8-9H2,1-2H3,(H,16,17). The molecule has 3 nitrogen and oxygen atoms in total. The minimum absolute atomic E-state index is 0.0848. The van der Waals surface area contributed by atoms with E-state index in [1.54, 1.807) is 0 Å². The minimum atomic E-state index is 0.0848. The summed E-state index contributed by atoms with van der Waals surface area (Å²) in [4.78, 5) is 12.0. The molecule has 1 heterocycles. The van der Waals surface area contributed by atoms with Crippen molar-refractivity contribution in [3.8, 4) is 0 Å². The molecule has 17 heavy (non-hydrogen) atoms. The van der Waals surface area contributed by atoms with Gasteiger partial charge in [0.15, 0.2) is 0 Å². The van der Waals surface area contributed by atoms with Gasteiger partial charge in [0, 0.05) is 11.6 Å². The monoisotopic (exact) mass is 232 g/mol. The fourth-order valence-corrected chi connectivity index (χ4v) is 2.00. The summed E-state index contributed by atoms with van der Waals surface area (Å²) in [6, 6.07) is 8.06. The molecule has 2 N–H and O–H groups in total. The van der Waals surface area contributed by atoms with Gasteiger partial charge in [0.25, 0.3) is 0 Å². The molecule has 1 aromatic rings. The molecular weight excluding hydrogens is 212 g/mol. The second-order valence-electron chi connectivity index (χ2n) is 4.75. The van der Waals surface area contributed by atoms with Gasteiger partial charge in [-0.05, 0) is 43.1 Å². The van der Waals surface area contributed by atoms with Crippen molar-refractivity contribution in [3.05, 3.63) is 29.8 Å². The molecule has 0 saturated carbocycles. The maximum Gasteiger partial charge on any atom is 0.227 e. The average molecular weight is 232 g/mol. The third-order valence-electron chi connectivity index (χ3n) is 3.54. The Morgan fingerprint density at radius 1 is 1.53 bits per heavy atom. The van der Waals surface area contributed by atoms with Crippen molar-refractivity contribution in [2.45, 2.75) is 20.3 Å². The second kappa shape index (κ2) is 5.32. The summed E-state index contributed by atoms with van der Waals surface area (Å²) >= 11 is 0. The number of hydrogen-bond donors (Lipinski definition) is 2. The smallest absolute Gasteiger partial charge is 0.227 e. The van der Waals surface area contributed by atoms with Crippen LogP contribution in [0.25, 0.3) is 0 Å². The number of carbonyl (C=O) groups is 1. The Kier molecular flexibility index (Phi) is 3.79. The summed E-state index contributed by atoms with van der Waals surface area (Å²) in [5, 5.41) is 6.20. The highest BCUT2D eigenvalue weighted by Crippen LogP contribution is 2.19. The lowest BCUT2D eigenvalue weighted by atomic mass is 9.88. The van der Waals surface area contributed by atoms with Crippen molar-refractivity contribution < 1.29 is 4.79 Å². The Bertz CT molecular complexity index is 399. The van der Waals surface area contributed by atoms with Crippen LogP contribution in [0.15, 0.2) is 24.3 Å². The van der Waals surface area contributed by atoms with Crippen LogP contribution in [0.1, 0.15) is 19.4 Å². The molecule has 1 amide bonds. The van der Waals surface area contributed by atoms with Gasteiger partial charge in [-0.1, -0.05) is 26.0 Å². The Labute approximate surface area is 103 Å². The fourth-order valence-electron chi connectivity index (χ4n) is 2.00. The summed E-state index contributed by atoms with van der Waals surface area (Å²) < 4.78 is 0. The van der Waals surface area contributed by atoms with Gasteiger partial charge in [-0.25, -0.2) is 0 Å². The summed E-state index contributed by atoms with van der Waals surface area (Å²) in [5.41, 5.74) is 2.16. The second-order valence-corrected chi connectivity index (χ2v) is 4.75. The van der Waals surface area contributed by atoms with Crippen LogP contribution in [0.4, 0.5) is 5.69 Å². The number of aryl methyl sites for hydroxylation is 1. The summed E-state index contributed by atoms with van der Waals surface area (Å²) in [6.45, 7) is 6.04. The molecule has 1 atom stereocenters. The molecule has 2 rings (SSSR count). The zero-order valence-electron chi connectivity index (χ0n) is 10.5. The number of hydrogen-bond acceptors (Lipinski definition) is 2. The predicted molar refractivity (Wildman–Crippen MR) is 70.0 cm³/mol. The number of carbonyl (C=O) groups excluding carboxylic acids is 1. The zero-order valence-corrected chi connectivity index (χ0v) is 10.5. The quantitative estimate of drug-likeness (QED) is 0.834. The van der Waals surface area contributed by atoms with E-state index in [2.05, 4.69) is 23.6 Å². The maximum atomic E-state index is 12.0. The van der Waals surface area contributed by atoms with Gasteiger partial charge in [0.2, 0.25) is 5.91 Å². The predicted octanol–water partition coefficient (Wildman–Crippen LogP) is 2.04. The van der Waals surface area contributed by atoms with Crippen LogP contribution in [0.2, 0.25) is 0 Å². The Balaban J connectivity index is 1.96. The van der Waals surface area contributed by atoms with Crippen LogP contribution in [-0.2, 0) is 11.2 Å². The molecule has 0 radical (unpaired) electrons. The number of nitrogens with one attached hydrogen (secondary N) is 2. The zero-order chi connectivity index (χ0) is 12.3. The van der Waals surface area contributed by atoms with Crippen LogP contribution in [0.3, 0.4) is 0 Å². The summed E-state index contributed by atoms with van der Waals surface area (Å²) in [6.07, 6.45) is 0.992. The SMILES string of the molecule is CCc1cccc(NC(=O)C(C)C2CNC2)c1. The molecule has 0 spiro atoms. The minimum Gasteiger partial charge on any atom is -0.326 e. The van der Waals surface area contributed by atoms with Gasteiger partial charge in [0.1, 0.15) is 0 Å². The van der Waals surface area contributed by atoms with Gasteiger partial charge in [-0.2, -0.15) is 0 Å². The molecule has 1 unspecified atom stereocenters. The molecule has 1 fully saturated rings. The highest BCUT2D eigenvalue weighted by atomic mass is 16.1. The highest BCUT2D eigenvalue weighted by molar-refractivity contribution is 5.92. The molecule has 1 aliphatic heterocycles. The van der Waals surface area contributed by atoms with E-state index in [0.29, 0.717) is 5.92 Å². The van der Waals surface area contributed by atoms with Crippen LogP contribution in [-0.4, -0.2) is 19.0 Å². The third-order valence-corrected chi connectivity index (χ3v) is 3.54.